The summed E-state index contributed by atoms with van der Waals surface area (Å²) in [5.74, 6) is 0. The second-order valence-electron chi connectivity index (χ2n) is 9.31. The number of thiazole rings is 1. The summed E-state index contributed by atoms with van der Waals surface area (Å²) in [7, 11) is 0. The summed E-state index contributed by atoms with van der Waals surface area (Å²) in [4.78, 5) is 23.1. The van der Waals surface area contributed by atoms with E-state index in [2.05, 4.69) is 72.6 Å². The van der Waals surface area contributed by atoms with Crippen LogP contribution in [0.25, 0.3) is 22.7 Å². The first-order valence-electron chi connectivity index (χ1n) is 11.9. The highest BCUT2D eigenvalue weighted by Crippen LogP contribution is 2.41. The van der Waals surface area contributed by atoms with Gasteiger partial charge in [0, 0.05) is 28.2 Å². The number of nitrogens with one attached hydrogen (secondary N) is 1. The average Bonchev–Trinajstić information content (AvgIpc) is 3.44. The third-order valence-electron chi connectivity index (χ3n) is 7.17. The van der Waals surface area contributed by atoms with E-state index in [1.165, 1.54) is 33.6 Å². The minimum absolute atomic E-state index is 0.0232. The molecule has 0 fully saturated rings. The lowest BCUT2D eigenvalue weighted by Crippen LogP contribution is -2.38. The molecular formula is C30H23N3OS. The fourth-order valence-electron chi connectivity index (χ4n) is 5.43. The lowest BCUT2D eigenvalue weighted by molar-refractivity contribution is 0.585. The molecule has 0 unspecified atom stereocenters. The van der Waals surface area contributed by atoms with Crippen molar-refractivity contribution >= 4 is 34.0 Å². The molecule has 170 valence electrons. The first kappa shape index (κ1) is 20.4. The zero-order valence-corrected chi connectivity index (χ0v) is 20.1. The summed E-state index contributed by atoms with van der Waals surface area (Å²) in [6, 6.07) is 25.2. The second kappa shape index (κ2) is 7.79. The third-order valence-corrected chi connectivity index (χ3v) is 8.16. The van der Waals surface area contributed by atoms with Crippen LogP contribution >= 0.6 is 11.3 Å². The molecule has 3 heterocycles. The van der Waals surface area contributed by atoms with Crippen molar-refractivity contribution in [2.45, 2.75) is 25.8 Å². The third kappa shape index (κ3) is 3.19. The number of aromatic nitrogens is 2. The molecule has 5 aromatic rings. The monoisotopic (exact) mass is 473 g/mol. The van der Waals surface area contributed by atoms with Crippen molar-refractivity contribution in [1.29, 1.82) is 0 Å². The van der Waals surface area contributed by atoms with Crippen molar-refractivity contribution in [3.05, 3.63) is 132 Å². The Morgan fingerprint density at radius 3 is 2.69 bits per heavy atom. The number of hydrogen-bond acceptors (Lipinski definition) is 3. The molecule has 3 aromatic carbocycles. The summed E-state index contributed by atoms with van der Waals surface area (Å²) in [6.07, 6.45) is 5.85. The number of H-pyrrole nitrogens is 1. The van der Waals surface area contributed by atoms with Gasteiger partial charge in [-0.05, 0) is 48.6 Å². The van der Waals surface area contributed by atoms with Crippen molar-refractivity contribution in [2.75, 3.05) is 0 Å². The Balaban J connectivity index is 1.50. The highest BCUT2D eigenvalue weighted by Gasteiger charge is 2.32. The lowest BCUT2D eigenvalue weighted by atomic mass is 9.83. The summed E-state index contributed by atoms with van der Waals surface area (Å²) in [5.41, 5.74) is 9.26. The highest BCUT2D eigenvalue weighted by molar-refractivity contribution is 7.07. The molecule has 4 nitrogen and oxygen atoms in total. The summed E-state index contributed by atoms with van der Waals surface area (Å²) in [5, 5.41) is 1.11. The average molecular weight is 474 g/mol. The van der Waals surface area contributed by atoms with Crippen LogP contribution < -0.4 is 14.9 Å². The number of rotatable bonds is 2. The fourth-order valence-corrected chi connectivity index (χ4v) is 6.42. The standard InChI is InChI=1S/C30H23N3OS/c1-18-10-12-20(13-11-18)28-24-15-14-19-6-2-3-8-23(19)27(24)32-30-33(28)29(34)26(35-30)16-21-17-31-25-9-5-4-7-22(21)25/h2-13,16-17,28,31H,14-15H2,1H3/b26-16-/t28-/m0/s1. The molecule has 5 heteroatoms. The Kier molecular flexibility index (Phi) is 4.54. The van der Waals surface area contributed by atoms with Crippen LogP contribution in [0.3, 0.4) is 0 Å². The smallest absolute Gasteiger partial charge is 0.271 e. The summed E-state index contributed by atoms with van der Waals surface area (Å²) < 4.78 is 2.63. The van der Waals surface area contributed by atoms with Crippen molar-refractivity contribution < 1.29 is 0 Å². The van der Waals surface area contributed by atoms with E-state index in [1.54, 1.807) is 0 Å². The molecule has 0 spiro atoms. The van der Waals surface area contributed by atoms with Crippen molar-refractivity contribution in [1.82, 2.24) is 9.55 Å². The van der Waals surface area contributed by atoms with Gasteiger partial charge in [-0.2, -0.15) is 0 Å². The number of allylic oxidation sites excluding steroid dienone is 1. The predicted molar refractivity (Wildman–Crippen MR) is 142 cm³/mol. The molecule has 0 amide bonds. The van der Waals surface area contributed by atoms with E-state index >= 15 is 0 Å². The number of benzene rings is 3. The van der Waals surface area contributed by atoms with Crippen LogP contribution in [0.1, 0.15) is 40.3 Å². The molecule has 0 saturated carbocycles. The van der Waals surface area contributed by atoms with Gasteiger partial charge in [-0.15, -0.1) is 0 Å². The normalized spacial score (nSPS) is 17.2. The minimum Gasteiger partial charge on any atom is -0.361 e. The Morgan fingerprint density at radius 1 is 1.00 bits per heavy atom. The molecule has 2 aromatic heterocycles. The second-order valence-corrected chi connectivity index (χ2v) is 10.3. The van der Waals surface area contributed by atoms with Crippen LogP contribution in [0.4, 0.5) is 0 Å². The molecule has 2 aliphatic rings. The number of aryl methyl sites for hydroxylation is 2. The van der Waals surface area contributed by atoms with Crippen LogP contribution in [0.15, 0.2) is 94.4 Å². The summed E-state index contributed by atoms with van der Waals surface area (Å²) in [6.45, 7) is 2.10. The van der Waals surface area contributed by atoms with Gasteiger partial charge in [0.1, 0.15) is 0 Å². The zero-order chi connectivity index (χ0) is 23.5. The van der Waals surface area contributed by atoms with Crippen LogP contribution in [0.5, 0.6) is 0 Å². The van der Waals surface area contributed by atoms with Crippen LogP contribution in [-0.4, -0.2) is 9.55 Å². The van der Waals surface area contributed by atoms with Gasteiger partial charge in [0.05, 0.1) is 16.3 Å². The van der Waals surface area contributed by atoms with E-state index < -0.39 is 0 Å². The Labute approximate surface area is 206 Å². The van der Waals surface area contributed by atoms with E-state index in [4.69, 9.17) is 4.99 Å². The maximum absolute atomic E-state index is 13.9. The summed E-state index contributed by atoms with van der Waals surface area (Å²) >= 11 is 1.48. The number of nitrogens with zero attached hydrogens (tertiary/aromatic N) is 2. The van der Waals surface area contributed by atoms with Crippen LogP contribution in [0.2, 0.25) is 0 Å². The SMILES string of the molecule is Cc1ccc([C@H]2C3=C(N=c4s/c(=C\c5c[nH]c6ccccc56)c(=O)n42)c2ccccc2CC3)cc1. The molecule has 1 N–H and O–H groups in total. The Hall–Kier alpha value is -3.96. The van der Waals surface area contributed by atoms with E-state index in [1.807, 2.05) is 29.0 Å². The maximum Gasteiger partial charge on any atom is 0.271 e. The predicted octanol–water partition coefficient (Wildman–Crippen LogP) is 5.11. The molecule has 7 rings (SSSR count). The maximum atomic E-state index is 13.9. The van der Waals surface area contributed by atoms with E-state index in [0.29, 0.717) is 4.53 Å². The van der Waals surface area contributed by atoms with Gasteiger partial charge in [0.2, 0.25) is 0 Å². The van der Waals surface area contributed by atoms with Crippen LogP contribution in [0, 0.1) is 6.92 Å². The molecule has 1 aliphatic carbocycles. The van der Waals surface area contributed by atoms with Crippen molar-refractivity contribution in [3.8, 4) is 0 Å². The quantitative estimate of drug-likeness (QED) is 0.381. The van der Waals surface area contributed by atoms with E-state index in [-0.39, 0.29) is 11.6 Å². The van der Waals surface area contributed by atoms with E-state index in [9.17, 15) is 4.79 Å². The minimum atomic E-state index is -0.139. The topological polar surface area (TPSA) is 50.1 Å². The number of aromatic amines is 1. The molecule has 35 heavy (non-hydrogen) atoms. The first-order valence-corrected chi connectivity index (χ1v) is 12.7. The van der Waals surface area contributed by atoms with E-state index in [0.717, 1.165) is 45.4 Å². The van der Waals surface area contributed by atoms with Crippen molar-refractivity contribution in [3.63, 3.8) is 0 Å². The molecule has 0 radical (unpaired) electrons. The number of para-hydroxylation sites is 1. The zero-order valence-electron chi connectivity index (χ0n) is 19.3. The van der Waals surface area contributed by atoms with Gasteiger partial charge in [-0.25, -0.2) is 4.99 Å². The Bertz CT molecular complexity index is 1830. The van der Waals surface area contributed by atoms with Crippen LogP contribution in [-0.2, 0) is 6.42 Å². The van der Waals surface area contributed by atoms with Gasteiger partial charge >= 0.3 is 0 Å². The van der Waals surface area contributed by atoms with Gasteiger partial charge in [-0.1, -0.05) is 83.6 Å². The van der Waals surface area contributed by atoms with Gasteiger partial charge in [0.15, 0.2) is 4.80 Å². The molecular weight excluding hydrogens is 450 g/mol. The highest BCUT2D eigenvalue weighted by atomic mass is 32.1. The molecule has 0 bridgehead atoms. The number of hydrogen-bond donors (Lipinski definition) is 1. The largest absolute Gasteiger partial charge is 0.361 e. The lowest BCUT2D eigenvalue weighted by Gasteiger charge is -2.30. The van der Waals surface area contributed by atoms with Gasteiger partial charge in [0.25, 0.3) is 5.56 Å². The van der Waals surface area contributed by atoms with Gasteiger partial charge < -0.3 is 4.98 Å². The number of fused-ring (bicyclic) bond motifs is 4. The first-order chi connectivity index (χ1) is 17.2. The van der Waals surface area contributed by atoms with Gasteiger partial charge in [-0.3, -0.25) is 9.36 Å². The fraction of sp³-hybridized carbons (Fsp3) is 0.133. The van der Waals surface area contributed by atoms with Crippen molar-refractivity contribution in [2.24, 2.45) is 4.99 Å². The Morgan fingerprint density at radius 2 is 1.80 bits per heavy atom. The molecule has 0 saturated heterocycles. The molecule has 1 aliphatic heterocycles. The molecule has 1 atom stereocenters.